The minimum absolute atomic E-state index is 0.882. The molecule has 0 radical (unpaired) electrons. The van der Waals surface area contributed by atoms with Crippen LogP contribution in [0.4, 0.5) is 0 Å². The van der Waals surface area contributed by atoms with Gasteiger partial charge < -0.3 is 5.32 Å². The van der Waals surface area contributed by atoms with E-state index in [1.165, 1.54) is 23.3 Å². The summed E-state index contributed by atoms with van der Waals surface area (Å²) < 4.78 is 0. The summed E-state index contributed by atoms with van der Waals surface area (Å²) in [5.41, 5.74) is 2.64. The number of amidine groups is 1. The molecule has 0 unspecified atom stereocenters. The van der Waals surface area contributed by atoms with Crippen LogP contribution in [0, 0.1) is 6.92 Å². The Bertz CT molecular complexity index is 360. The molecular weight excluding hydrogens is 204 g/mol. The van der Waals surface area contributed by atoms with Crippen molar-refractivity contribution in [2.75, 3.05) is 12.3 Å². The van der Waals surface area contributed by atoms with E-state index in [-0.39, 0.29) is 0 Å². The summed E-state index contributed by atoms with van der Waals surface area (Å²) in [5.74, 6) is 1.19. The highest BCUT2D eigenvalue weighted by Crippen LogP contribution is 2.11. The van der Waals surface area contributed by atoms with Crippen LogP contribution >= 0.6 is 11.8 Å². The summed E-state index contributed by atoms with van der Waals surface area (Å²) in [6, 6.07) is 8.58. The zero-order chi connectivity index (χ0) is 10.5. The molecule has 1 aromatic rings. The number of nitrogens with one attached hydrogen (secondary N) is 1. The molecule has 1 heterocycles. The number of aryl methyl sites for hydroxylation is 1. The van der Waals surface area contributed by atoms with Gasteiger partial charge in [0.1, 0.15) is 0 Å². The third kappa shape index (κ3) is 3.27. The Morgan fingerprint density at radius 3 is 3.13 bits per heavy atom. The monoisotopic (exact) mass is 220 g/mol. The molecule has 1 N–H and O–H groups in total. The molecule has 0 bridgehead atoms. The lowest BCUT2D eigenvalue weighted by Gasteiger charge is -2.13. The van der Waals surface area contributed by atoms with Gasteiger partial charge in [-0.15, -0.1) is 0 Å². The van der Waals surface area contributed by atoms with Crippen LogP contribution in [-0.4, -0.2) is 17.5 Å². The summed E-state index contributed by atoms with van der Waals surface area (Å²) in [4.78, 5) is 4.44. The van der Waals surface area contributed by atoms with E-state index in [4.69, 9.17) is 0 Å². The zero-order valence-corrected chi connectivity index (χ0v) is 9.81. The Hall–Kier alpha value is -0.960. The van der Waals surface area contributed by atoms with Crippen LogP contribution in [0.25, 0.3) is 0 Å². The second-order valence-electron chi connectivity index (χ2n) is 3.73. The van der Waals surface area contributed by atoms with E-state index in [0.29, 0.717) is 0 Å². The van der Waals surface area contributed by atoms with Crippen LogP contribution < -0.4 is 5.32 Å². The fourth-order valence-electron chi connectivity index (χ4n) is 1.57. The first-order valence-electron chi connectivity index (χ1n) is 5.31. The molecule has 15 heavy (non-hydrogen) atoms. The number of benzene rings is 1. The van der Waals surface area contributed by atoms with E-state index in [1.807, 2.05) is 11.8 Å². The molecular formula is C12H16N2S. The van der Waals surface area contributed by atoms with Crippen LogP contribution in [0.1, 0.15) is 17.5 Å². The van der Waals surface area contributed by atoms with E-state index in [1.54, 1.807) is 0 Å². The summed E-state index contributed by atoms with van der Waals surface area (Å²) in [7, 11) is 0. The lowest BCUT2D eigenvalue weighted by molar-refractivity contribution is 0.880. The van der Waals surface area contributed by atoms with Gasteiger partial charge in [0.05, 0.1) is 0 Å². The Balaban J connectivity index is 1.90. The van der Waals surface area contributed by atoms with Gasteiger partial charge in [-0.3, -0.25) is 4.99 Å². The number of nitrogens with zero attached hydrogens (tertiary/aromatic N) is 1. The fraction of sp³-hybridized carbons (Fsp3) is 0.417. The molecule has 0 saturated carbocycles. The fourth-order valence-corrected chi connectivity index (χ4v) is 2.39. The average molecular weight is 220 g/mol. The maximum Gasteiger partial charge on any atom is 0.156 e. The third-order valence-electron chi connectivity index (χ3n) is 2.32. The van der Waals surface area contributed by atoms with Crippen molar-refractivity contribution in [3.8, 4) is 0 Å². The van der Waals surface area contributed by atoms with Crippen molar-refractivity contribution in [3.05, 3.63) is 35.4 Å². The molecule has 0 spiro atoms. The van der Waals surface area contributed by atoms with Gasteiger partial charge in [0.2, 0.25) is 0 Å². The van der Waals surface area contributed by atoms with E-state index in [9.17, 15) is 0 Å². The van der Waals surface area contributed by atoms with Gasteiger partial charge in [0.25, 0.3) is 0 Å². The van der Waals surface area contributed by atoms with Gasteiger partial charge in [0, 0.05) is 18.8 Å². The predicted molar refractivity (Wildman–Crippen MR) is 67.4 cm³/mol. The normalized spacial score (nSPS) is 15.9. The molecule has 0 saturated heterocycles. The Kier molecular flexibility index (Phi) is 3.67. The minimum Gasteiger partial charge on any atom is -0.361 e. The molecule has 0 fully saturated rings. The highest BCUT2D eigenvalue weighted by molar-refractivity contribution is 8.13. The van der Waals surface area contributed by atoms with Gasteiger partial charge in [0.15, 0.2) is 5.17 Å². The molecule has 1 aliphatic heterocycles. The summed E-state index contributed by atoms with van der Waals surface area (Å²) in [5, 5.41) is 4.48. The average Bonchev–Trinajstić information content (AvgIpc) is 2.28. The van der Waals surface area contributed by atoms with Crippen molar-refractivity contribution in [2.45, 2.75) is 19.9 Å². The van der Waals surface area contributed by atoms with Gasteiger partial charge in [-0.25, -0.2) is 0 Å². The predicted octanol–water partition coefficient (Wildman–Crippen LogP) is 2.58. The largest absolute Gasteiger partial charge is 0.361 e. The van der Waals surface area contributed by atoms with Crippen molar-refractivity contribution in [3.63, 3.8) is 0 Å². The molecule has 0 aliphatic carbocycles. The van der Waals surface area contributed by atoms with Crippen LogP contribution in [0.5, 0.6) is 0 Å². The quantitative estimate of drug-likeness (QED) is 0.828. The van der Waals surface area contributed by atoms with E-state index in [0.717, 1.165) is 18.3 Å². The SMILES string of the molecule is Cc1cccc(CNC2=NCCCS2)c1. The zero-order valence-electron chi connectivity index (χ0n) is 8.99. The smallest absolute Gasteiger partial charge is 0.156 e. The van der Waals surface area contributed by atoms with Crippen LogP contribution in [0.15, 0.2) is 29.3 Å². The molecule has 80 valence electrons. The summed E-state index contributed by atoms with van der Waals surface area (Å²) in [6.07, 6.45) is 1.21. The molecule has 3 heteroatoms. The summed E-state index contributed by atoms with van der Waals surface area (Å²) in [6.45, 7) is 3.98. The van der Waals surface area contributed by atoms with Crippen molar-refractivity contribution < 1.29 is 0 Å². The van der Waals surface area contributed by atoms with Gasteiger partial charge in [-0.05, 0) is 18.9 Å². The molecule has 0 amide bonds. The van der Waals surface area contributed by atoms with E-state index < -0.39 is 0 Å². The van der Waals surface area contributed by atoms with Gasteiger partial charge in [-0.2, -0.15) is 0 Å². The first kappa shape index (κ1) is 10.6. The molecule has 2 rings (SSSR count). The molecule has 2 nitrogen and oxygen atoms in total. The number of hydrogen-bond donors (Lipinski definition) is 1. The lowest BCUT2D eigenvalue weighted by atomic mass is 10.1. The number of rotatable bonds is 2. The standard InChI is InChI=1S/C12H16N2S/c1-10-4-2-5-11(8-10)9-14-12-13-6-3-7-15-12/h2,4-5,8H,3,6-7,9H2,1H3,(H,13,14). The Morgan fingerprint density at radius 1 is 1.47 bits per heavy atom. The second-order valence-corrected chi connectivity index (χ2v) is 4.82. The molecule has 1 aromatic carbocycles. The Labute approximate surface area is 95.2 Å². The topological polar surface area (TPSA) is 24.4 Å². The van der Waals surface area contributed by atoms with Crippen LogP contribution in [-0.2, 0) is 6.54 Å². The lowest BCUT2D eigenvalue weighted by Crippen LogP contribution is -2.22. The molecule has 1 aliphatic rings. The first-order valence-corrected chi connectivity index (χ1v) is 6.30. The van der Waals surface area contributed by atoms with E-state index in [2.05, 4.69) is 41.5 Å². The van der Waals surface area contributed by atoms with Crippen molar-refractivity contribution >= 4 is 16.9 Å². The van der Waals surface area contributed by atoms with Crippen molar-refractivity contribution in [1.29, 1.82) is 0 Å². The number of thioether (sulfide) groups is 1. The van der Waals surface area contributed by atoms with Crippen molar-refractivity contribution in [1.82, 2.24) is 5.32 Å². The second kappa shape index (κ2) is 5.21. The molecule has 0 aromatic heterocycles. The number of aliphatic imine (C=N–C) groups is 1. The van der Waals surface area contributed by atoms with Crippen molar-refractivity contribution in [2.24, 2.45) is 4.99 Å². The highest BCUT2D eigenvalue weighted by Gasteiger charge is 2.04. The van der Waals surface area contributed by atoms with Crippen LogP contribution in [0.3, 0.4) is 0 Å². The van der Waals surface area contributed by atoms with Gasteiger partial charge >= 0.3 is 0 Å². The minimum atomic E-state index is 0.882. The van der Waals surface area contributed by atoms with Crippen LogP contribution in [0.2, 0.25) is 0 Å². The van der Waals surface area contributed by atoms with E-state index >= 15 is 0 Å². The molecule has 0 atom stereocenters. The first-order chi connectivity index (χ1) is 7.34. The third-order valence-corrected chi connectivity index (χ3v) is 3.36. The maximum absolute atomic E-state index is 4.44. The van der Waals surface area contributed by atoms with Gasteiger partial charge in [-0.1, -0.05) is 41.6 Å². The Morgan fingerprint density at radius 2 is 2.40 bits per heavy atom. The number of hydrogen-bond acceptors (Lipinski definition) is 3. The highest BCUT2D eigenvalue weighted by atomic mass is 32.2. The maximum atomic E-state index is 4.44. The summed E-state index contributed by atoms with van der Waals surface area (Å²) >= 11 is 1.83.